The number of aromatic nitrogens is 2. The van der Waals surface area contributed by atoms with Crippen molar-refractivity contribution in [2.24, 2.45) is 0 Å². The van der Waals surface area contributed by atoms with E-state index in [9.17, 15) is 14.4 Å². The molecule has 182 valence electrons. The summed E-state index contributed by atoms with van der Waals surface area (Å²) in [5.74, 6) is -0.177. The lowest BCUT2D eigenvalue weighted by Gasteiger charge is -2.44. The molecule has 1 aromatic carbocycles. The van der Waals surface area contributed by atoms with Crippen molar-refractivity contribution < 1.29 is 19.1 Å². The Morgan fingerprint density at radius 2 is 1.91 bits per heavy atom. The number of carbonyl (C=O) groups excluding carboxylic acids is 3. The maximum atomic E-state index is 13.6. The number of amides is 3. The lowest BCUT2D eigenvalue weighted by Crippen LogP contribution is -2.65. The fraction of sp³-hybridized carbons (Fsp3) is 0.520. The van der Waals surface area contributed by atoms with Crippen molar-refractivity contribution in [2.45, 2.75) is 70.6 Å². The van der Waals surface area contributed by atoms with Gasteiger partial charge in [-0.3, -0.25) is 14.4 Å². The third kappa shape index (κ3) is 4.51. The molecule has 0 bridgehead atoms. The molecule has 1 fully saturated rings. The standard InChI is InChI=1S/C25H33N5O4/c1-4-13-30-23(32)21-20(22(31)26-14-17-9-11-19(34-3)12-10-17)27-16-29(21)15-25(30,2)24(33)28-18-7-5-6-8-18/h9-12,16,18H,4-8,13-15H2,1-3H3,(H,26,31)(H,28,33). The first-order valence-corrected chi connectivity index (χ1v) is 12.0. The Labute approximate surface area is 199 Å². The maximum absolute atomic E-state index is 13.6. The Morgan fingerprint density at radius 1 is 1.21 bits per heavy atom. The molecule has 1 aromatic heterocycles. The number of fused-ring (bicyclic) bond motifs is 1. The van der Waals surface area contributed by atoms with Crippen molar-refractivity contribution in [3.8, 4) is 5.75 Å². The summed E-state index contributed by atoms with van der Waals surface area (Å²) in [6.45, 7) is 4.74. The minimum absolute atomic E-state index is 0.0814. The van der Waals surface area contributed by atoms with Gasteiger partial charge in [0, 0.05) is 19.1 Å². The molecular formula is C25H33N5O4. The third-order valence-electron chi connectivity index (χ3n) is 6.81. The second kappa shape index (κ2) is 9.87. The van der Waals surface area contributed by atoms with Gasteiger partial charge in [-0.15, -0.1) is 0 Å². The van der Waals surface area contributed by atoms with E-state index in [4.69, 9.17) is 4.74 Å². The highest BCUT2D eigenvalue weighted by molar-refractivity contribution is 6.07. The molecule has 0 saturated heterocycles. The van der Waals surface area contributed by atoms with Crippen LogP contribution < -0.4 is 15.4 Å². The second-order valence-electron chi connectivity index (χ2n) is 9.29. The highest BCUT2D eigenvalue weighted by Gasteiger charge is 2.48. The van der Waals surface area contributed by atoms with Gasteiger partial charge < -0.3 is 24.8 Å². The lowest BCUT2D eigenvalue weighted by atomic mass is 9.93. The molecule has 2 N–H and O–H groups in total. The monoisotopic (exact) mass is 467 g/mol. The van der Waals surface area contributed by atoms with E-state index in [1.54, 1.807) is 23.5 Å². The van der Waals surface area contributed by atoms with Gasteiger partial charge in [-0.1, -0.05) is 31.9 Å². The van der Waals surface area contributed by atoms with Gasteiger partial charge in [0.2, 0.25) is 5.91 Å². The molecule has 2 aromatic rings. The molecule has 34 heavy (non-hydrogen) atoms. The molecule has 2 aliphatic rings. The first kappa shape index (κ1) is 23.8. The molecule has 9 heteroatoms. The number of rotatable bonds is 8. The summed E-state index contributed by atoms with van der Waals surface area (Å²) in [6, 6.07) is 7.54. The molecule has 1 atom stereocenters. The van der Waals surface area contributed by atoms with E-state index in [0.29, 0.717) is 19.5 Å². The van der Waals surface area contributed by atoms with Crippen LogP contribution in [0.1, 0.15) is 72.5 Å². The van der Waals surface area contributed by atoms with Crippen molar-refractivity contribution in [2.75, 3.05) is 13.7 Å². The van der Waals surface area contributed by atoms with Gasteiger partial charge in [0.1, 0.15) is 17.0 Å². The predicted molar refractivity (Wildman–Crippen MR) is 127 cm³/mol. The Bertz CT molecular complexity index is 1060. The average Bonchev–Trinajstić information content (AvgIpc) is 3.50. The number of hydrogen-bond donors (Lipinski definition) is 2. The van der Waals surface area contributed by atoms with Crippen LogP contribution in [0.2, 0.25) is 0 Å². The van der Waals surface area contributed by atoms with Crippen LogP contribution in [0.5, 0.6) is 5.75 Å². The molecule has 4 rings (SSSR count). The summed E-state index contributed by atoms with van der Waals surface area (Å²) in [4.78, 5) is 45.7. The van der Waals surface area contributed by atoms with Crippen molar-refractivity contribution in [3.05, 3.63) is 47.5 Å². The molecule has 0 radical (unpaired) electrons. The summed E-state index contributed by atoms with van der Waals surface area (Å²) in [5.41, 5.74) is 0.169. The fourth-order valence-electron chi connectivity index (χ4n) is 4.85. The van der Waals surface area contributed by atoms with E-state index >= 15 is 0 Å². The molecule has 2 heterocycles. The van der Waals surface area contributed by atoms with E-state index in [1.165, 1.54) is 6.33 Å². The highest BCUT2D eigenvalue weighted by atomic mass is 16.5. The summed E-state index contributed by atoms with van der Waals surface area (Å²) in [5, 5.41) is 5.99. The third-order valence-corrected chi connectivity index (χ3v) is 6.81. The number of methoxy groups -OCH3 is 1. The van der Waals surface area contributed by atoms with E-state index < -0.39 is 11.4 Å². The Morgan fingerprint density at radius 3 is 2.56 bits per heavy atom. The van der Waals surface area contributed by atoms with Crippen LogP contribution in [0.3, 0.4) is 0 Å². The van der Waals surface area contributed by atoms with Gasteiger partial charge in [0.25, 0.3) is 11.8 Å². The summed E-state index contributed by atoms with van der Waals surface area (Å²) in [7, 11) is 1.60. The van der Waals surface area contributed by atoms with Crippen LogP contribution >= 0.6 is 0 Å². The highest BCUT2D eigenvalue weighted by Crippen LogP contribution is 2.30. The molecule has 0 spiro atoms. The van der Waals surface area contributed by atoms with Gasteiger partial charge in [-0.25, -0.2) is 4.98 Å². The molecule has 1 aliphatic carbocycles. The quantitative estimate of drug-likeness (QED) is 0.621. The van der Waals surface area contributed by atoms with Gasteiger partial charge >= 0.3 is 0 Å². The van der Waals surface area contributed by atoms with E-state index in [1.807, 2.05) is 31.2 Å². The Kier molecular flexibility index (Phi) is 6.90. The van der Waals surface area contributed by atoms with Crippen LogP contribution in [-0.4, -0.2) is 57.4 Å². The zero-order valence-electron chi connectivity index (χ0n) is 20.1. The van der Waals surface area contributed by atoms with Crippen LogP contribution in [0.15, 0.2) is 30.6 Å². The largest absolute Gasteiger partial charge is 0.497 e. The molecule has 1 aliphatic heterocycles. The zero-order chi connectivity index (χ0) is 24.3. The Balaban J connectivity index is 1.53. The molecule has 1 unspecified atom stereocenters. The number of nitrogens with one attached hydrogen (secondary N) is 2. The van der Waals surface area contributed by atoms with Crippen LogP contribution in [0.4, 0.5) is 0 Å². The first-order chi connectivity index (χ1) is 16.4. The zero-order valence-corrected chi connectivity index (χ0v) is 20.1. The number of nitrogens with zero attached hydrogens (tertiary/aromatic N) is 3. The average molecular weight is 468 g/mol. The summed E-state index contributed by atoms with van der Waals surface area (Å²) >= 11 is 0. The summed E-state index contributed by atoms with van der Waals surface area (Å²) in [6.07, 6.45) is 6.35. The Hall–Kier alpha value is -3.36. The number of ether oxygens (including phenoxy) is 1. The number of imidazole rings is 1. The molecular weight excluding hydrogens is 434 g/mol. The van der Waals surface area contributed by atoms with Gasteiger partial charge in [-0.2, -0.15) is 0 Å². The minimum atomic E-state index is -1.04. The molecule has 1 saturated carbocycles. The van der Waals surface area contributed by atoms with Crippen molar-refractivity contribution in [1.29, 1.82) is 0 Å². The van der Waals surface area contributed by atoms with Gasteiger partial charge in [-0.05, 0) is 43.9 Å². The number of carbonyl (C=O) groups is 3. The SMILES string of the molecule is CCCN1C(=O)c2c(C(=O)NCc3ccc(OC)cc3)ncn2CC1(C)C(=O)NC1CCCC1. The van der Waals surface area contributed by atoms with Gasteiger partial charge in [0.15, 0.2) is 5.69 Å². The van der Waals surface area contributed by atoms with E-state index in [2.05, 4.69) is 15.6 Å². The van der Waals surface area contributed by atoms with Crippen LogP contribution in [-0.2, 0) is 17.9 Å². The maximum Gasteiger partial charge on any atom is 0.273 e. The van der Waals surface area contributed by atoms with Crippen LogP contribution in [0, 0.1) is 0 Å². The topological polar surface area (TPSA) is 106 Å². The normalized spacial score (nSPS) is 20.2. The van der Waals surface area contributed by atoms with Crippen molar-refractivity contribution >= 4 is 17.7 Å². The fourth-order valence-corrected chi connectivity index (χ4v) is 4.85. The molecule has 9 nitrogen and oxygen atoms in total. The lowest BCUT2D eigenvalue weighted by molar-refractivity contribution is -0.133. The van der Waals surface area contributed by atoms with E-state index in [0.717, 1.165) is 37.0 Å². The van der Waals surface area contributed by atoms with Crippen molar-refractivity contribution in [3.63, 3.8) is 0 Å². The second-order valence-corrected chi connectivity index (χ2v) is 9.29. The van der Waals surface area contributed by atoms with E-state index in [-0.39, 0.29) is 35.8 Å². The smallest absolute Gasteiger partial charge is 0.273 e. The predicted octanol–water partition coefficient (Wildman–Crippen LogP) is 2.51. The van der Waals surface area contributed by atoms with Crippen molar-refractivity contribution in [1.82, 2.24) is 25.1 Å². The van der Waals surface area contributed by atoms with Gasteiger partial charge in [0.05, 0.1) is 20.0 Å². The van der Waals surface area contributed by atoms with Crippen LogP contribution in [0.25, 0.3) is 0 Å². The minimum Gasteiger partial charge on any atom is -0.497 e. The summed E-state index contributed by atoms with van der Waals surface area (Å²) < 4.78 is 6.80. The number of hydrogen-bond acceptors (Lipinski definition) is 5. The molecule has 3 amide bonds. The number of benzene rings is 1. The first-order valence-electron chi connectivity index (χ1n) is 12.0.